The number of fused-ring (bicyclic) bond motifs is 2. The second-order valence-corrected chi connectivity index (χ2v) is 8.66. The van der Waals surface area contributed by atoms with Gasteiger partial charge in [-0.2, -0.15) is 0 Å². The zero-order valence-corrected chi connectivity index (χ0v) is 19.2. The lowest BCUT2D eigenvalue weighted by Gasteiger charge is -2.43. The van der Waals surface area contributed by atoms with E-state index in [1.165, 1.54) is 6.20 Å². The molecule has 0 radical (unpaired) electrons. The highest BCUT2D eigenvalue weighted by atomic mass is 19.1. The van der Waals surface area contributed by atoms with E-state index in [4.69, 9.17) is 9.47 Å². The van der Waals surface area contributed by atoms with Crippen LogP contribution in [0.15, 0.2) is 30.5 Å². The Balaban J connectivity index is 1.19. The number of aromatic nitrogens is 3. The van der Waals surface area contributed by atoms with Gasteiger partial charge in [0.1, 0.15) is 5.82 Å². The molecule has 1 aliphatic heterocycles. The number of likely N-dealkylation sites (N-methyl/N-ethyl adjacent to an activating group) is 1. The highest BCUT2D eigenvalue weighted by Crippen LogP contribution is 2.29. The van der Waals surface area contributed by atoms with E-state index in [-0.39, 0.29) is 18.3 Å². The normalized spacial score (nSPS) is 19.4. The molecule has 1 saturated carbocycles. The number of nitrogens with one attached hydrogen (secondary N) is 2. The first-order valence-electron chi connectivity index (χ1n) is 11.4. The number of hydrogen-bond acceptors (Lipinski definition) is 8. The van der Waals surface area contributed by atoms with Crippen LogP contribution in [0.5, 0.6) is 11.6 Å². The number of rotatable bonds is 8. The van der Waals surface area contributed by atoms with E-state index in [1.54, 1.807) is 19.2 Å². The van der Waals surface area contributed by atoms with Gasteiger partial charge >= 0.3 is 0 Å². The lowest BCUT2D eigenvalue weighted by molar-refractivity contribution is -0.118. The van der Waals surface area contributed by atoms with Gasteiger partial charge in [-0.3, -0.25) is 14.7 Å². The predicted octanol–water partition coefficient (Wildman–Crippen LogP) is 2.30. The molecular weight excluding hydrogens is 439 g/mol. The molecule has 3 aromatic heterocycles. The van der Waals surface area contributed by atoms with Crippen LogP contribution in [0.25, 0.3) is 11.0 Å². The molecule has 4 heterocycles. The molecule has 0 spiro atoms. The van der Waals surface area contributed by atoms with Crippen molar-refractivity contribution in [2.75, 3.05) is 32.6 Å². The molecule has 2 atom stereocenters. The number of halogens is 1. The molecule has 5 rings (SSSR count). The van der Waals surface area contributed by atoms with E-state index in [9.17, 15) is 9.18 Å². The minimum Gasteiger partial charge on any atom is -0.481 e. The summed E-state index contributed by atoms with van der Waals surface area (Å²) in [6.07, 6.45) is 3.89. The van der Waals surface area contributed by atoms with E-state index >= 15 is 0 Å². The first-order chi connectivity index (χ1) is 16.5. The summed E-state index contributed by atoms with van der Waals surface area (Å²) >= 11 is 0. The molecule has 0 aromatic carbocycles. The Hall–Kier alpha value is -3.37. The van der Waals surface area contributed by atoms with Gasteiger partial charge in [-0.05, 0) is 51.1 Å². The van der Waals surface area contributed by atoms with E-state index in [0.29, 0.717) is 65.6 Å². The average molecular weight is 467 g/mol. The van der Waals surface area contributed by atoms with Gasteiger partial charge in [0.05, 0.1) is 30.0 Å². The fraction of sp³-hybridized carbons (Fsp3) is 0.417. The standard InChI is InChI=1S/C24H27FN6O3/c1-31(12-14-3-7-20-24(28-14)29-21(32)13-34-20)19-6-4-17(19)26-10-9-15-16(25)11-27-18-5-8-22(33-2)30-23(15)18/h3,5,7-8,11,17,19,26H,4,6,9-10,12-13H2,1-2H3,(H,28,29,32). The van der Waals surface area contributed by atoms with Crippen molar-refractivity contribution in [1.82, 2.24) is 25.2 Å². The number of nitrogens with zero attached hydrogens (tertiary/aromatic N) is 4. The largest absolute Gasteiger partial charge is 0.481 e. The minimum atomic E-state index is -0.355. The molecule has 0 saturated heterocycles. The van der Waals surface area contributed by atoms with Crippen molar-refractivity contribution in [1.29, 1.82) is 0 Å². The summed E-state index contributed by atoms with van der Waals surface area (Å²) in [6, 6.07) is 7.94. The van der Waals surface area contributed by atoms with Gasteiger partial charge in [0.15, 0.2) is 18.2 Å². The number of pyridine rings is 3. The molecule has 178 valence electrons. The molecule has 2 unspecified atom stereocenters. The molecule has 0 bridgehead atoms. The van der Waals surface area contributed by atoms with Crippen LogP contribution in [-0.2, 0) is 17.8 Å². The average Bonchev–Trinajstić information content (AvgIpc) is 2.81. The molecule has 2 aliphatic rings. The molecule has 9 nitrogen and oxygen atoms in total. The molecule has 1 aliphatic carbocycles. The van der Waals surface area contributed by atoms with Crippen LogP contribution in [0.3, 0.4) is 0 Å². The molecular formula is C24H27FN6O3. The van der Waals surface area contributed by atoms with Crippen LogP contribution in [0.1, 0.15) is 24.1 Å². The monoisotopic (exact) mass is 466 g/mol. The van der Waals surface area contributed by atoms with Crippen LogP contribution < -0.4 is 20.1 Å². The second-order valence-electron chi connectivity index (χ2n) is 8.66. The van der Waals surface area contributed by atoms with Crippen LogP contribution >= 0.6 is 0 Å². The fourth-order valence-electron chi connectivity index (χ4n) is 4.52. The quantitative estimate of drug-likeness (QED) is 0.522. The van der Waals surface area contributed by atoms with E-state index in [0.717, 1.165) is 18.5 Å². The van der Waals surface area contributed by atoms with Crippen molar-refractivity contribution >= 4 is 22.8 Å². The summed E-state index contributed by atoms with van der Waals surface area (Å²) in [6.45, 7) is 1.30. The highest BCUT2D eigenvalue weighted by Gasteiger charge is 2.33. The minimum absolute atomic E-state index is 0.0200. The summed E-state index contributed by atoms with van der Waals surface area (Å²) in [5, 5.41) is 6.33. The van der Waals surface area contributed by atoms with Gasteiger partial charge in [0, 0.05) is 30.3 Å². The van der Waals surface area contributed by atoms with Gasteiger partial charge in [-0.25, -0.2) is 14.4 Å². The number of hydrogen-bond donors (Lipinski definition) is 2. The van der Waals surface area contributed by atoms with Crippen molar-refractivity contribution in [3.63, 3.8) is 0 Å². The smallest absolute Gasteiger partial charge is 0.263 e. The number of carbonyl (C=O) groups is 1. The Morgan fingerprint density at radius 3 is 2.94 bits per heavy atom. The topological polar surface area (TPSA) is 102 Å². The van der Waals surface area contributed by atoms with Gasteiger partial charge in [-0.15, -0.1) is 0 Å². The highest BCUT2D eigenvalue weighted by molar-refractivity contribution is 5.94. The summed E-state index contributed by atoms with van der Waals surface area (Å²) in [5.74, 6) is 0.962. The molecule has 2 N–H and O–H groups in total. The number of anilines is 1. The van der Waals surface area contributed by atoms with Gasteiger partial charge in [0.2, 0.25) is 5.88 Å². The van der Waals surface area contributed by atoms with E-state index in [2.05, 4.69) is 37.5 Å². The van der Waals surface area contributed by atoms with Crippen LogP contribution in [0, 0.1) is 5.82 Å². The zero-order valence-electron chi connectivity index (χ0n) is 19.2. The summed E-state index contributed by atoms with van der Waals surface area (Å²) in [4.78, 5) is 26.9. The SMILES string of the molecule is COc1ccc2ncc(F)c(CCNC3CCC3N(C)Cc3ccc4c(n3)NC(=O)CO4)c2n1. The molecule has 3 aromatic rings. The fourth-order valence-corrected chi connectivity index (χ4v) is 4.52. The Morgan fingerprint density at radius 2 is 2.15 bits per heavy atom. The third-order valence-electron chi connectivity index (χ3n) is 6.48. The zero-order chi connectivity index (χ0) is 23.7. The lowest BCUT2D eigenvalue weighted by Crippen LogP contribution is -2.55. The maximum absolute atomic E-state index is 14.5. The van der Waals surface area contributed by atoms with Crippen molar-refractivity contribution < 1.29 is 18.7 Å². The van der Waals surface area contributed by atoms with Crippen molar-refractivity contribution in [3.8, 4) is 11.6 Å². The predicted molar refractivity (Wildman–Crippen MR) is 124 cm³/mol. The van der Waals surface area contributed by atoms with Crippen molar-refractivity contribution in [2.45, 2.75) is 37.9 Å². The number of methoxy groups -OCH3 is 1. The van der Waals surface area contributed by atoms with Crippen molar-refractivity contribution in [2.24, 2.45) is 0 Å². The van der Waals surface area contributed by atoms with E-state index in [1.807, 2.05) is 12.1 Å². The van der Waals surface area contributed by atoms with Crippen molar-refractivity contribution in [3.05, 3.63) is 47.5 Å². The van der Waals surface area contributed by atoms with Gasteiger partial charge < -0.3 is 20.1 Å². The Morgan fingerprint density at radius 1 is 1.26 bits per heavy atom. The number of carbonyl (C=O) groups excluding carboxylic acids is 1. The van der Waals surface area contributed by atoms with E-state index < -0.39 is 0 Å². The van der Waals surface area contributed by atoms with Crippen LogP contribution in [0.2, 0.25) is 0 Å². The van der Waals surface area contributed by atoms with Gasteiger partial charge in [-0.1, -0.05) is 0 Å². The maximum atomic E-state index is 14.5. The number of amides is 1. The molecule has 1 fully saturated rings. The molecule has 34 heavy (non-hydrogen) atoms. The number of ether oxygens (including phenoxy) is 2. The van der Waals surface area contributed by atoms with Gasteiger partial charge in [0.25, 0.3) is 5.91 Å². The second kappa shape index (κ2) is 9.47. The summed E-state index contributed by atoms with van der Waals surface area (Å²) in [7, 11) is 3.61. The molecule has 1 amide bonds. The Bertz CT molecular complexity index is 1220. The van der Waals surface area contributed by atoms with Crippen LogP contribution in [0.4, 0.5) is 10.2 Å². The summed E-state index contributed by atoms with van der Waals surface area (Å²) in [5.41, 5.74) is 2.60. The third-order valence-corrected chi connectivity index (χ3v) is 6.48. The third kappa shape index (κ3) is 4.51. The molecule has 10 heteroatoms. The Kier molecular flexibility index (Phi) is 6.25. The Labute approximate surface area is 196 Å². The maximum Gasteiger partial charge on any atom is 0.263 e. The van der Waals surface area contributed by atoms with Crippen LogP contribution in [-0.4, -0.2) is 65.2 Å². The summed E-state index contributed by atoms with van der Waals surface area (Å²) < 4.78 is 25.1. The lowest BCUT2D eigenvalue weighted by atomic mass is 9.85. The first kappa shape index (κ1) is 22.4. The first-order valence-corrected chi connectivity index (χ1v) is 11.4.